The third kappa shape index (κ3) is 36.8. The maximum absolute atomic E-state index is 13.0. The number of unbranched alkanes of at least 4 members (excludes halogenated alkanes) is 1. The number of hydrogen-bond acceptors (Lipinski definition) is 27. The van der Waals surface area contributed by atoms with Crippen LogP contribution in [0.3, 0.4) is 0 Å². The number of carbonyl (C=O) groups is 4. The minimum absolute atomic E-state index is 0. The molecular formula is C83H99Br4Cl3ILiMnN13O14Pd-. The molecule has 38 heteroatoms. The molecule has 121 heavy (non-hydrogen) atoms. The zero-order chi connectivity index (χ0) is 86.2. The molecule has 2 aliphatic heterocycles. The first-order chi connectivity index (χ1) is 56.7. The van der Waals surface area contributed by atoms with Crippen molar-refractivity contribution >= 4 is 162 Å². The van der Waals surface area contributed by atoms with Crippen LogP contribution in [0.4, 0.5) is 11.6 Å². The molecule has 10 aromatic heterocycles. The fourth-order valence-electron chi connectivity index (χ4n) is 12.9. The number of halogens is 8. The first-order valence-corrected chi connectivity index (χ1v) is 44.1. The van der Waals surface area contributed by atoms with Crippen molar-refractivity contribution in [3.05, 3.63) is 250 Å². The molecule has 0 spiro atoms. The van der Waals surface area contributed by atoms with E-state index in [4.69, 9.17) is 79.8 Å². The Hall–Kier alpha value is -6.02. The van der Waals surface area contributed by atoms with E-state index in [1.165, 1.54) is 108 Å². The predicted molar refractivity (Wildman–Crippen MR) is 474 cm³/mol. The summed E-state index contributed by atoms with van der Waals surface area (Å²) >= 11 is 30.6. The van der Waals surface area contributed by atoms with Crippen molar-refractivity contribution in [1.82, 2.24) is 49.8 Å². The molecule has 0 radical (unpaired) electrons. The zero-order valence-electron chi connectivity index (χ0n) is 68.4. The van der Waals surface area contributed by atoms with Gasteiger partial charge in [0.05, 0.1) is 62.7 Å². The number of ether oxygens (including phenoxy) is 2. The van der Waals surface area contributed by atoms with Crippen LogP contribution in [0.5, 0.6) is 0 Å². The van der Waals surface area contributed by atoms with Crippen molar-refractivity contribution in [2.24, 2.45) is 41.2 Å². The van der Waals surface area contributed by atoms with E-state index in [0.717, 1.165) is 109 Å². The van der Waals surface area contributed by atoms with Gasteiger partial charge in [-0.25, -0.2) is 49.8 Å². The molecule has 0 saturated heterocycles. The third-order valence-electron chi connectivity index (χ3n) is 19.1. The average molecular weight is 2220 g/mol. The summed E-state index contributed by atoms with van der Waals surface area (Å²) in [5, 5.41) is 17.7. The molecular weight excluding hydrogens is 2120 g/mol. The van der Waals surface area contributed by atoms with Gasteiger partial charge < -0.3 is 67.4 Å². The Kier molecular flexibility index (Phi) is 53.3. The maximum atomic E-state index is 13.0. The molecule has 10 atom stereocenters. The van der Waals surface area contributed by atoms with Crippen LogP contribution in [-0.4, -0.2) is 110 Å². The standard InChI is InChI=1S/C21H25N3O3.C17H20BrN3O2.C9H6BrClN2O2.C9H4BrClN2O2.C8H17N.C5H3BrO2.C5H8O.C4H2ClIN2.C4H9.CH3.Li.Mn.2O.Pd.H2/c1-3-14-8-16(7-13(14)2)24-21-17(10-22-12-23-21)20(25)19-9-15(11-27-19)18-5-4-6-26-18;1-3-11-5-13(4-10(11)2)21-17-14(7-19-9-20-17)16(22)15-6-12(18)8-23-15;2*10-5-1-7(15-3-5)8(14)6-2-12-4-13-9(6)11;1-3-7-5-8(9)4-6(7)2;6-4-1-5(2-7)8-3-4;1-5-3-2-4-6-5;5-4-3(6)1-7-2-8-4;1-3-4-2;;;;;;;/h5,9-14,16H,3-4,6-8H2,1-2H3,(H,22,23,24);6-11,13H,3-5H2,1-2H3,(H,19,20,21);1-4,8,14H;1-4H;6-8H,3-5,9H2,1-2H3;1-3H;3H,2,4H2,1H3;1-2H;1,3-4H2,2H3;1H3;;;;;;1H/q;;;;;;;;2*-1;+1;;;;;/t13-,14-,16-;10-,11-,13-;;;6-,7-,8-;;;;;;;;;;;/m00..0.........../s1. The molecule has 0 aromatic carbocycles. The second-order valence-corrected chi connectivity index (χ2v) is 33.5. The van der Waals surface area contributed by atoms with Gasteiger partial charge in [0.2, 0.25) is 17.3 Å². The molecule has 15 rings (SSSR count). The molecule has 3 aliphatic carbocycles. The predicted octanol–water partition coefficient (Wildman–Crippen LogP) is 19.6. The van der Waals surface area contributed by atoms with E-state index < -0.39 is 20.9 Å². The molecule has 0 amide bonds. The molecule has 3 fully saturated rings. The van der Waals surface area contributed by atoms with Gasteiger partial charge in [0.15, 0.2) is 29.3 Å². The normalized spacial score (nSPS) is 18.7. The Morgan fingerprint density at radius 2 is 1.02 bits per heavy atom. The van der Waals surface area contributed by atoms with Crippen LogP contribution in [0.25, 0.3) is 5.76 Å². The number of nitrogens with two attached hydrogens (primary N) is 1. The largest absolute Gasteiger partial charge is 0 e. The van der Waals surface area contributed by atoms with Gasteiger partial charge in [-0.2, -0.15) is 6.42 Å². The number of nitrogens with one attached hydrogen (secondary N) is 2. The molecule has 12 heterocycles. The number of aliphatic hydroxyl groups is 1. The fourth-order valence-corrected chi connectivity index (χ4v) is 14.9. The van der Waals surface area contributed by atoms with E-state index in [1.807, 2.05) is 13.0 Å². The molecule has 655 valence electrons. The molecule has 3 saturated carbocycles. The quantitative estimate of drug-likeness (QED) is 0.0155. The second-order valence-electron chi connectivity index (χ2n) is 27.4. The zero-order valence-corrected chi connectivity index (χ0v) is 81.9. The maximum Gasteiger partial charge on any atom is 0 e. The van der Waals surface area contributed by atoms with Crippen molar-refractivity contribution in [2.75, 3.05) is 23.8 Å². The first kappa shape index (κ1) is 109. The number of hydrogen-bond donors (Lipinski definition) is 4. The number of rotatable bonds is 18. The summed E-state index contributed by atoms with van der Waals surface area (Å²) in [5.41, 5.74) is 8.10. The number of aliphatic hydroxyl groups excluding tert-OH is 1. The van der Waals surface area contributed by atoms with Crippen LogP contribution in [0.15, 0.2) is 182 Å². The summed E-state index contributed by atoms with van der Waals surface area (Å²) < 4.78 is 56.9. The van der Waals surface area contributed by atoms with E-state index in [-0.39, 0.29) is 98.6 Å². The summed E-state index contributed by atoms with van der Waals surface area (Å²) in [6.07, 6.45) is 40.6. The smallest absolute Gasteiger partial charge is 0 e. The molecule has 5 aliphatic rings. The topological polar surface area (TPSA) is 386 Å². The summed E-state index contributed by atoms with van der Waals surface area (Å²) in [6.45, 7) is 22.9. The Balaban J connectivity index is 0.000000484. The fraction of sp³-hybridized carbons (Fsp3) is 0.398. The average Bonchev–Trinajstić information content (AvgIpc) is 1.64. The second kappa shape index (κ2) is 59.0. The van der Waals surface area contributed by atoms with Crippen LogP contribution in [0.2, 0.25) is 15.5 Å². The number of furan rings is 5. The van der Waals surface area contributed by atoms with Crippen LogP contribution in [0.1, 0.15) is 222 Å². The minimum Gasteiger partial charge on any atom is 0 e. The SMILES string of the molecule is CC1=CCCO1.CC[C@H]1C[C@@H](N)C[C@@H]1C.CC[C@H]1C[C@@H](Nc2ncncc2C(=O)c2cc(Br)co2)C[C@@H]1C.CC[C@H]1C[C@@H](Nc2ncncc2C(=O)c2cc(C3=CCCO3)co2)C[C@@H]1C.Clc1ncncc1I.O=C(c1cc(Br)co1)c1cncnc1Cl.O=Cc1cc(Br)co1.OC(c1cc(Br)co1)c1cncnc1Cl.[CH2-]CCC.[CH3-].[HH].[Li+].[O]=[Mn]=[O].[Pd]. The van der Waals surface area contributed by atoms with Crippen LogP contribution < -0.4 is 35.2 Å². The monoisotopic (exact) mass is 2220 g/mol. The molecule has 10 aromatic rings. The van der Waals surface area contributed by atoms with Gasteiger partial charge in [-0.05, 0) is 192 Å². The van der Waals surface area contributed by atoms with Gasteiger partial charge >= 0.3 is 41.4 Å². The number of carbonyl (C=O) groups excluding carboxylic acids is 4. The van der Waals surface area contributed by atoms with E-state index >= 15 is 0 Å². The van der Waals surface area contributed by atoms with E-state index in [9.17, 15) is 24.3 Å². The Morgan fingerprint density at radius 1 is 0.595 bits per heavy atom. The summed E-state index contributed by atoms with van der Waals surface area (Å²) in [4.78, 5) is 86.4. The summed E-state index contributed by atoms with van der Waals surface area (Å²) in [6, 6.07) is 9.39. The number of allylic oxidation sites excluding steroid dienone is 1. The van der Waals surface area contributed by atoms with Crippen molar-refractivity contribution in [2.45, 2.75) is 163 Å². The van der Waals surface area contributed by atoms with Crippen molar-refractivity contribution in [3.8, 4) is 0 Å². The Morgan fingerprint density at radius 3 is 1.37 bits per heavy atom. The Bertz CT molecular complexity index is 4860. The van der Waals surface area contributed by atoms with Crippen LogP contribution in [-0.2, 0) is 52.4 Å². The van der Waals surface area contributed by atoms with Crippen LogP contribution in [0, 0.1) is 53.4 Å². The van der Waals surface area contributed by atoms with Gasteiger partial charge in [0.25, 0.3) is 0 Å². The molecule has 27 nitrogen and oxygen atoms in total. The number of nitrogens with zero attached hydrogens (tertiary/aromatic N) is 10. The summed E-state index contributed by atoms with van der Waals surface area (Å²) in [5.74, 6) is 8.34. The molecule has 5 N–H and O–H groups in total. The molecule has 0 bridgehead atoms. The number of ketones is 3. The third-order valence-corrected chi connectivity index (χ3v) is 22.7. The van der Waals surface area contributed by atoms with Gasteiger partial charge in [-0.1, -0.05) is 109 Å². The summed E-state index contributed by atoms with van der Waals surface area (Å²) in [7, 11) is 0. The van der Waals surface area contributed by atoms with Gasteiger partial charge in [0.1, 0.15) is 108 Å². The van der Waals surface area contributed by atoms with Gasteiger partial charge in [-0.15, -0.1) is 0 Å². The van der Waals surface area contributed by atoms with Gasteiger partial charge in [0, 0.05) is 108 Å². The van der Waals surface area contributed by atoms with Crippen molar-refractivity contribution in [1.29, 1.82) is 0 Å². The van der Waals surface area contributed by atoms with Crippen LogP contribution >= 0.6 is 121 Å². The van der Waals surface area contributed by atoms with E-state index in [2.05, 4.69) is 208 Å². The molecule has 1 unspecified atom stereocenters. The van der Waals surface area contributed by atoms with Crippen molar-refractivity contribution in [3.63, 3.8) is 0 Å². The van der Waals surface area contributed by atoms with Crippen molar-refractivity contribution < 1.29 is 119 Å². The number of aldehydes is 1. The first-order valence-electron chi connectivity index (χ1n) is 37.7. The van der Waals surface area contributed by atoms with Gasteiger partial charge in [-0.3, -0.25) is 19.2 Å². The minimum atomic E-state index is -1.44. The Labute approximate surface area is 801 Å². The number of anilines is 2. The number of aromatic nitrogens is 10. The van der Waals surface area contributed by atoms with E-state index in [0.29, 0.717) is 92.3 Å². The van der Waals surface area contributed by atoms with E-state index in [1.54, 1.807) is 55.2 Å².